The Morgan fingerprint density at radius 3 is 3.05 bits per heavy atom. The van der Waals surface area contributed by atoms with Crippen LogP contribution in [-0.2, 0) is 4.79 Å². The molecule has 1 atom stereocenters. The van der Waals surface area contributed by atoms with E-state index in [1.165, 1.54) is 11.3 Å². The lowest BCUT2D eigenvalue weighted by atomic mass is 10.0. The number of hydrogen-bond donors (Lipinski definition) is 2. The predicted molar refractivity (Wildman–Crippen MR) is 72.4 cm³/mol. The molecule has 0 bridgehead atoms. The van der Waals surface area contributed by atoms with Crippen molar-refractivity contribution in [1.29, 1.82) is 0 Å². The quantitative estimate of drug-likeness (QED) is 0.887. The minimum Gasteiger partial charge on any atom is -0.481 e. The molecular formula is C12H17N3O3S. The first-order valence-corrected chi connectivity index (χ1v) is 7.06. The van der Waals surface area contributed by atoms with E-state index in [0.29, 0.717) is 30.6 Å². The third kappa shape index (κ3) is 3.92. The number of likely N-dealkylation sites (tertiary alicyclic amines) is 1. The van der Waals surface area contributed by atoms with E-state index < -0.39 is 5.97 Å². The summed E-state index contributed by atoms with van der Waals surface area (Å²) in [5.41, 5.74) is 0. The molecule has 1 aliphatic heterocycles. The van der Waals surface area contributed by atoms with Crippen molar-refractivity contribution in [1.82, 2.24) is 9.88 Å². The maximum atomic E-state index is 12.0. The summed E-state index contributed by atoms with van der Waals surface area (Å²) in [6.45, 7) is 3.25. The fourth-order valence-electron chi connectivity index (χ4n) is 2.16. The van der Waals surface area contributed by atoms with Gasteiger partial charge in [-0.1, -0.05) is 0 Å². The van der Waals surface area contributed by atoms with E-state index in [4.69, 9.17) is 5.11 Å². The van der Waals surface area contributed by atoms with Gasteiger partial charge in [0.2, 0.25) is 0 Å². The predicted octanol–water partition coefficient (Wildman–Crippen LogP) is 2.17. The Hall–Kier alpha value is -1.63. The van der Waals surface area contributed by atoms with E-state index in [1.807, 2.05) is 6.92 Å². The van der Waals surface area contributed by atoms with Crippen molar-refractivity contribution < 1.29 is 14.7 Å². The highest BCUT2D eigenvalue weighted by Crippen LogP contribution is 2.23. The molecule has 1 aliphatic rings. The average molecular weight is 283 g/mol. The van der Waals surface area contributed by atoms with E-state index >= 15 is 0 Å². The van der Waals surface area contributed by atoms with Gasteiger partial charge in [0, 0.05) is 30.6 Å². The number of rotatable bonds is 4. The lowest BCUT2D eigenvalue weighted by molar-refractivity contribution is -0.137. The third-order valence-corrected chi connectivity index (χ3v) is 4.00. The monoisotopic (exact) mass is 283 g/mol. The second kappa shape index (κ2) is 6.01. The molecule has 2 N–H and O–H groups in total. The molecule has 6 nitrogen and oxygen atoms in total. The number of amides is 2. The number of nitrogens with zero attached hydrogens (tertiary/aromatic N) is 2. The van der Waals surface area contributed by atoms with Crippen LogP contribution in [0.5, 0.6) is 0 Å². The van der Waals surface area contributed by atoms with Crippen LogP contribution in [0.25, 0.3) is 0 Å². The van der Waals surface area contributed by atoms with Gasteiger partial charge in [-0.05, 0) is 25.7 Å². The first kappa shape index (κ1) is 13.8. The largest absolute Gasteiger partial charge is 0.481 e. The molecule has 104 valence electrons. The van der Waals surface area contributed by atoms with Gasteiger partial charge >= 0.3 is 12.0 Å². The van der Waals surface area contributed by atoms with Crippen molar-refractivity contribution in [3.63, 3.8) is 0 Å². The van der Waals surface area contributed by atoms with Crippen molar-refractivity contribution in [2.45, 2.75) is 26.2 Å². The van der Waals surface area contributed by atoms with Gasteiger partial charge in [0.05, 0.1) is 0 Å². The van der Waals surface area contributed by atoms with Crippen LogP contribution in [0, 0.1) is 12.8 Å². The molecule has 0 saturated carbocycles. The Morgan fingerprint density at radius 2 is 2.42 bits per heavy atom. The number of urea groups is 1. The number of thiazole rings is 1. The molecule has 2 rings (SSSR count). The summed E-state index contributed by atoms with van der Waals surface area (Å²) < 4.78 is 0. The third-order valence-electron chi connectivity index (χ3n) is 3.17. The number of anilines is 1. The molecule has 1 aromatic heterocycles. The second-order valence-corrected chi connectivity index (χ2v) is 5.97. The topological polar surface area (TPSA) is 82.5 Å². The van der Waals surface area contributed by atoms with Crippen LogP contribution >= 0.6 is 11.3 Å². The first-order chi connectivity index (χ1) is 9.04. The van der Waals surface area contributed by atoms with Gasteiger partial charge in [-0.15, -0.1) is 11.3 Å². The summed E-state index contributed by atoms with van der Waals surface area (Å²) in [6, 6.07) is -0.146. The number of carboxylic acid groups (broad SMARTS) is 1. The lowest BCUT2D eigenvalue weighted by Crippen LogP contribution is -2.33. The number of carboxylic acids is 1. The van der Waals surface area contributed by atoms with E-state index in [9.17, 15) is 9.59 Å². The van der Waals surface area contributed by atoms with Crippen LogP contribution < -0.4 is 5.32 Å². The Bertz CT molecular complexity index is 475. The van der Waals surface area contributed by atoms with E-state index in [1.54, 1.807) is 11.1 Å². The van der Waals surface area contributed by atoms with Crippen LogP contribution in [-0.4, -0.2) is 40.1 Å². The van der Waals surface area contributed by atoms with Crippen molar-refractivity contribution >= 4 is 28.5 Å². The molecule has 1 saturated heterocycles. The fourth-order valence-corrected chi connectivity index (χ4v) is 2.82. The zero-order valence-corrected chi connectivity index (χ0v) is 11.6. The number of carbonyl (C=O) groups is 2. The van der Waals surface area contributed by atoms with Crippen LogP contribution in [0.4, 0.5) is 9.93 Å². The Balaban J connectivity index is 1.80. The zero-order chi connectivity index (χ0) is 13.8. The first-order valence-electron chi connectivity index (χ1n) is 6.24. The SMILES string of the molecule is Cc1cnc(NC(=O)N2CCC(CCC(=O)O)C2)s1. The Kier molecular flexibility index (Phi) is 4.36. The van der Waals surface area contributed by atoms with Crippen LogP contribution in [0.3, 0.4) is 0 Å². The van der Waals surface area contributed by atoms with Gasteiger partial charge in [0.15, 0.2) is 5.13 Å². The minimum atomic E-state index is -0.777. The summed E-state index contributed by atoms with van der Waals surface area (Å²) in [4.78, 5) is 29.4. The van der Waals surface area contributed by atoms with Crippen molar-refractivity contribution in [2.24, 2.45) is 5.92 Å². The summed E-state index contributed by atoms with van der Waals surface area (Å²) >= 11 is 1.44. The number of aryl methyl sites for hydroxylation is 1. The highest BCUT2D eigenvalue weighted by atomic mass is 32.1. The number of nitrogens with one attached hydrogen (secondary N) is 1. The summed E-state index contributed by atoms with van der Waals surface area (Å²) in [6.07, 6.45) is 3.40. The molecule has 1 aromatic rings. The van der Waals surface area contributed by atoms with Gasteiger partial charge in [-0.2, -0.15) is 0 Å². The molecule has 7 heteroatoms. The number of aliphatic carboxylic acids is 1. The van der Waals surface area contributed by atoms with Crippen molar-refractivity contribution in [3.8, 4) is 0 Å². The average Bonchev–Trinajstić information content (AvgIpc) is 2.95. The minimum absolute atomic E-state index is 0.146. The maximum Gasteiger partial charge on any atom is 0.323 e. The summed E-state index contributed by atoms with van der Waals surface area (Å²) in [5.74, 6) is -0.485. The molecule has 0 aromatic carbocycles. The van der Waals surface area contributed by atoms with Crippen LogP contribution in [0.2, 0.25) is 0 Å². The zero-order valence-electron chi connectivity index (χ0n) is 10.8. The summed E-state index contributed by atoms with van der Waals surface area (Å²) in [5, 5.41) is 12.0. The Morgan fingerprint density at radius 1 is 1.63 bits per heavy atom. The van der Waals surface area contributed by atoms with E-state index in [0.717, 1.165) is 11.3 Å². The standard InChI is InChI=1S/C12H17N3O3S/c1-8-6-13-11(19-8)14-12(18)15-5-4-9(7-15)2-3-10(16)17/h6,9H,2-5,7H2,1H3,(H,16,17)(H,13,14,18). The molecule has 1 fully saturated rings. The maximum absolute atomic E-state index is 12.0. The van der Waals surface area contributed by atoms with Crippen LogP contribution in [0.1, 0.15) is 24.1 Å². The van der Waals surface area contributed by atoms with Gasteiger partial charge in [-0.25, -0.2) is 9.78 Å². The van der Waals surface area contributed by atoms with Gasteiger partial charge in [0.25, 0.3) is 0 Å². The lowest BCUT2D eigenvalue weighted by Gasteiger charge is -2.16. The molecule has 0 spiro atoms. The van der Waals surface area contributed by atoms with Crippen LogP contribution in [0.15, 0.2) is 6.20 Å². The highest BCUT2D eigenvalue weighted by Gasteiger charge is 2.26. The second-order valence-electron chi connectivity index (χ2n) is 4.74. The Labute approximate surface area is 115 Å². The van der Waals surface area contributed by atoms with Gasteiger partial charge in [-0.3, -0.25) is 10.1 Å². The van der Waals surface area contributed by atoms with E-state index in [-0.39, 0.29) is 12.5 Å². The normalized spacial score (nSPS) is 18.6. The molecular weight excluding hydrogens is 266 g/mol. The smallest absolute Gasteiger partial charge is 0.323 e. The van der Waals surface area contributed by atoms with Crippen molar-refractivity contribution in [3.05, 3.63) is 11.1 Å². The molecule has 1 unspecified atom stereocenters. The number of aromatic nitrogens is 1. The summed E-state index contributed by atoms with van der Waals surface area (Å²) in [7, 11) is 0. The van der Waals surface area contributed by atoms with Crippen molar-refractivity contribution in [2.75, 3.05) is 18.4 Å². The number of hydrogen-bond acceptors (Lipinski definition) is 4. The highest BCUT2D eigenvalue weighted by molar-refractivity contribution is 7.15. The number of carbonyl (C=O) groups excluding carboxylic acids is 1. The van der Waals surface area contributed by atoms with Gasteiger partial charge in [0.1, 0.15) is 0 Å². The molecule has 2 amide bonds. The molecule has 0 radical (unpaired) electrons. The van der Waals surface area contributed by atoms with E-state index in [2.05, 4.69) is 10.3 Å². The molecule has 0 aliphatic carbocycles. The fraction of sp³-hybridized carbons (Fsp3) is 0.583. The molecule has 19 heavy (non-hydrogen) atoms. The van der Waals surface area contributed by atoms with Gasteiger partial charge < -0.3 is 10.0 Å². The molecule has 2 heterocycles.